The SMILES string of the molecule is CN(C)c1ccnc2cc(O)c(-c3ccc(N(C)C4CC(C)(C)NC(C)(C)C4)nn3)cc12.CN(c1ccc(-c2cc3c(=O)[nH]cnc3cc2O)nn1)C1CC(C)(C)NC(C)(C)C1. The van der Waals surface area contributed by atoms with E-state index in [-0.39, 0.29) is 39.2 Å². The topological polar surface area (TPSA) is 184 Å². The smallest absolute Gasteiger partial charge is 0.258 e. The number of H-pyrrole nitrogens is 1. The molecule has 0 unspecified atom stereocenters. The molecule has 0 spiro atoms. The third kappa shape index (κ3) is 9.58. The number of fused-ring (bicyclic) bond motifs is 2. The van der Waals surface area contributed by atoms with Gasteiger partial charge in [-0.1, -0.05) is 0 Å². The largest absolute Gasteiger partial charge is 0.507 e. The molecule has 0 amide bonds. The number of hydrogen-bond donors (Lipinski definition) is 5. The fourth-order valence-corrected chi connectivity index (χ4v) is 9.84. The van der Waals surface area contributed by atoms with Crippen molar-refractivity contribution in [2.24, 2.45) is 0 Å². The number of aromatic nitrogens is 7. The number of aromatic hydroxyl groups is 2. The Bertz CT molecular complexity index is 2590. The van der Waals surface area contributed by atoms with E-state index in [4.69, 9.17) is 0 Å². The maximum atomic E-state index is 12.1. The molecule has 2 fully saturated rings. The van der Waals surface area contributed by atoms with Crippen LogP contribution in [0.15, 0.2) is 71.9 Å². The molecular formula is C47H62N12O3. The van der Waals surface area contributed by atoms with E-state index in [1.807, 2.05) is 62.4 Å². The van der Waals surface area contributed by atoms with Gasteiger partial charge in [0.2, 0.25) is 0 Å². The van der Waals surface area contributed by atoms with E-state index in [1.165, 1.54) is 12.4 Å². The summed E-state index contributed by atoms with van der Waals surface area (Å²) in [7, 11) is 8.13. The fourth-order valence-electron chi connectivity index (χ4n) is 9.84. The highest BCUT2D eigenvalue weighted by molar-refractivity contribution is 5.96. The second-order valence-electron chi connectivity index (χ2n) is 19.9. The van der Waals surface area contributed by atoms with E-state index < -0.39 is 0 Å². The van der Waals surface area contributed by atoms with Gasteiger partial charge in [0, 0.05) is 103 Å². The van der Waals surface area contributed by atoms with Gasteiger partial charge in [0.25, 0.3) is 5.56 Å². The zero-order chi connectivity index (χ0) is 44.9. The van der Waals surface area contributed by atoms with Crippen LogP contribution in [0.1, 0.15) is 81.1 Å². The molecule has 0 saturated carbocycles. The number of benzene rings is 2. The van der Waals surface area contributed by atoms with Crippen LogP contribution in [0.2, 0.25) is 0 Å². The summed E-state index contributed by atoms with van der Waals surface area (Å²) < 4.78 is 0. The van der Waals surface area contributed by atoms with Crippen molar-refractivity contribution in [2.45, 2.75) is 115 Å². The lowest BCUT2D eigenvalue weighted by Gasteiger charge is -2.49. The Morgan fingerprint density at radius 1 is 0.581 bits per heavy atom. The summed E-state index contributed by atoms with van der Waals surface area (Å²) in [6.45, 7) is 17.9. The summed E-state index contributed by atoms with van der Waals surface area (Å²) in [5, 5.41) is 47.6. The van der Waals surface area contributed by atoms with E-state index in [1.54, 1.807) is 18.3 Å². The van der Waals surface area contributed by atoms with Gasteiger partial charge < -0.3 is 40.5 Å². The van der Waals surface area contributed by atoms with Crippen LogP contribution in [0, 0.1) is 0 Å². The van der Waals surface area contributed by atoms with Crippen LogP contribution in [-0.4, -0.2) is 108 Å². The average Bonchev–Trinajstić information content (AvgIpc) is 3.18. The summed E-state index contributed by atoms with van der Waals surface area (Å²) in [5.74, 6) is 1.77. The molecule has 6 heterocycles. The summed E-state index contributed by atoms with van der Waals surface area (Å²) in [4.78, 5) is 29.6. The second-order valence-corrected chi connectivity index (χ2v) is 19.9. The van der Waals surface area contributed by atoms with Crippen LogP contribution in [0.3, 0.4) is 0 Å². The van der Waals surface area contributed by atoms with Gasteiger partial charge in [0.1, 0.15) is 11.5 Å². The van der Waals surface area contributed by atoms with Crippen LogP contribution < -0.4 is 30.9 Å². The number of piperidine rings is 2. The van der Waals surface area contributed by atoms with E-state index in [0.717, 1.165) is 53.9 Å². The number of nitrogens with one attached hydrogen (secondary N) is 3. The first-order valence-electron chi connectivity index (χ1n) is 21.2. The molecule has 5 N–H and O–H groups in total. The summed E-state index contributed by atoms with van der Waals surface area (Å²) in [5.41, 5.74) is 4.38. The highest BCUT2D eigenvalue weighted by Gasteiger charge is 2.41. The Balaban J connectivity index is 0.000000187. The minimum Gasteiger partial charge on any atom is -0.507 e. The number of phenolic OH excluding ortho intramolecular Hbond substituents is 2. The molecule has 15 heteroatoms. The minimum atomic E-state index is -0.262. The fraction of sp³-hybridized carbons (Fsp3) is 0.468. The molecule has 4 aromatic heterocycles. The van der Waals surface area contributed by atoms with Crippen molar-refractivity contribution in [1.82, 2.24) is 46.0 Å². The van der Waals surface area contributed by atoms with Crippen molar-refractivity contribution in [3.8, 4) is 34.0 Å². The first-order chi connectivity index (χ1) is 29.0. The lowest BCUT2D eigenvalue weighted by Crippen LogP contribution is -2.62. The monoisotopic (exact) mass is 843 g/mol. The Labute approximate surface area is 364 Å². The Morgan fingerprint density at radius 3 is 1.44 bits per heavy atom. The molecule has 2 aliphatic heterocycles. The lowest BCUT2D eigenvalue weighted by atomic mass is 9.79. The Morgan fingerprint density at radius 2 is 1.02 bits per heavy atom. The van der Waals surface area contributed by atoms with Crippen molar-refractivity contribution in [1.29, 1.82) is 0 Å². The highest BCUT2D eigenvalue weighted by Crippen LogP contribution is 2.38. The van der Waals surface area contributed by atoms with Gasteiger partial charge in [-0.15, -0.1) is 20.4 Å². The summed E-state index contributed by atoms with van der Waals surface area (Å²) in [6, 6.07) is 17.0. The van der Waals surface area contributed by atoms with Crippen LogP contribution in [-0.2, 0) is 0 Å². The molecule has 62 heavy (non-hydrogen) atoms. The van der Waals surface area contributed by atoms with Crippen LogP contribution in [0.5, 0.6) is 11.5 Å². The maximum Gasteiger partial charge on any atom is 0.258 e. The van der Waals surface area contributed by atoms with Crippen molar-refractivity contribution in [3.05, 3.63) is 77.5 Å². The molecule has 328 valence electrons. The molecule has 15 nitrogen and oxygen atoms in total. The zero-order valence-electron chi connectivity index (χ0n) is 38.2. The molecule has 0 atom stereocenters. The second kappa shape index (κ2) is 16.4. The predicted octanol–water partition coefficient (Wildman–Crippen LogP) is 7.04. The van der Waals surface area contributed by atoms with Gasteiger partial charge in [-0.2, -0.15) is 0 Å². The van der Waals surface area contributed by atoms with Crippen molar-refractivity contribution in [3.63, 3.8) is 0 Å². The number of rotatable bonds is 7. The molecular weight excluding hydrogens is 781 g/mol. The van der Waals surface area contributed by atoms with E-state index >= 15 is 0 Å². The Hall–Kier alpha value is -5.93. The number of pyridine rings is 1. The average molecular weight is 843 g/mol. The van der Waals surface area contributed by atoms with Crippen LogP contribution >= 0.6 is 0 Å². The molecule has 0 bridgehead atoms. The van der Waals surface area contributed by atoms with Gasteiger partial charge >= 0.3 is 0 Å². The third-order valence-electron chi connectivity index (χ3n) is 12.1. The molecule has 0 aliphatic carbocycles. The van der Waals surface area contributed by atoms with Gasteiger partial charge in [0.05, 0.1) is 34.1 Å². The number of aromatic amines is 1. The number of hydrogen-bond acceptors (Lipinski definition) is 14. The number of phenols is 2. The first kappa shape index (κ1) is 44.1. The third-order valence-corrected chi connectivity index (χ3v) is 12.1. The van der Waals surface area contributed by atoms with Crippen LogP contribution in [0.4, 0.5) is 17.3 Å². The van der Waals surface area contributed by atoms with Crippen molar-refractivity contribution >= 4 is 39.1 Å². The lowest BCUT2D eigenvalue weighted by molar-refractivity contribution is 0.160. The zero-order valence-corrected chi connectivity index (χ0v) is 38.2. The molecule has 2 aliphatic rings. The standard InChI is InChI=1S/C25H34N6O.C22H28N6O2/c1-24(2)14-16(15-25(3,4)29-24)31(7)23-9-8-19(27-28-23)18-12-17-20(13-22(18)32)26-11-10-21(17)30(5)6;1-21(2)10-13(11-22(3,4)27-21)28(5)19-7-6-16(25-26-19)14-8-15-17(9-18(14)29)23-12-24-20(15)30/h8-13,16,29,32H,14-15H2,1-7H3;6-9,12-13,27,29H,10-11H2,1-5H3,(H,23,24,30). The molecule has 8 rings (SSSR count). The normalized spacial score (nSPS) is 18.2. The summed E-state index contributed by atoms with van der Waals surface area (Å²) in [6.07, 6.45) is 7.13. The van der Waals surface area contributed by atoms with Crippen molar-refractivity contribution < 1.29 is 10.2 Å². The van der Waals surface area contributed by atoms with E-state index in [2.05, 4.69) is 118 Å². The molecule has 0 radical (unpaired) electrons. The summed E-state index contributed by atoms with van der Waals surface area (Å²) >= 11 is 0. The number of nitrogens with zero attached hydrogens (tertiary/aromatic N) is 9. The molecule has 2 aromatic carbocycles. The maximum absolute atomic E-state index is 12.1. The highest BCUT2D eigenvalue weighted by atomic mass is 16.3. The van der Waals surface area contributed by atoms with Crippen LogP contribution in [0.25, 0.3) is 44.3 Å². The minimum absolute atomic E-state index is 0.0119. The van der Waals surface area contributed by atoms with Gasteiger partial charge in [-0.05, 0) is 124 Å². The predicted molar refractivity (Wildman–Crippen MR) is 249 cm³/mol. The first-order valence-corrected chi connectivity index (χ1v) is 21.2. The van der Waals surface area contributed by atoms with Gasteiger partial charge in [0.15, 0.2) is 11.6 Å². The van der Waals surface area contributed by atoms with E-state index in [9.17, 15) is 15.0 Å². The van der Waals surface area contributed by atoms with E-state index in [0.29, 0.717) is 45.5 Å². The molecule has 2 saturated heterocycles. The molecule has 6 aromatic rings. The quantitative estimate of drug-likeness (QED) is 0.110. The van der Waals surface area contributed by atoms with Gasteiger partial charge in [-0.3, -0.25) is 9.78 Å². The Kier molecular flexibility index (Phi) is 11.7. The van der Waals surface area contributed by atoms with Crippen molar-refractivity contribution in [2.75, 3.05) is 42.9 Å². The number of anilines is 3. The van der Waals surface area contributed by atoms with Gasteiger partial charge in [-0.25, -0.2) is 4.98 Å².